The zero-order chi connectivity index (χ0) is 19.7. The highest BCUT2D eigenvalue weighted by atomic mass is 19.1. The van der Waals surface area contributed by atoms with Crippen molar-refractivity contribution in [3.05, 3.63) is 81.0 Å². The van der Waals surface area contributed by atoms with Gasteiger partial charge in [0.25, 0.3) is 5.56 Å². The second kappa shape index (κ2) is 7.29. The van der Waals surface area contributed by atoms with Gasteiger partial charge in [0.2, 0.25) is 0 Å². The Kier molecular flexibility index (Phi) is 4.67. The number of aromatic amines is 1. The van der Waals surface area contributed by atoms with E-state index in [1.54, 1.807) is 35.5 Å². The standard InChI is InChI=1S/C20H15F2N5O/c21-16-7-12(9-23)8-17(22)14(16)10-27-6-3-18-15(11-27)20(28)26-19(25-18)13-1-4-24-5-2-13/h1-2,4-5,7-8H,3,6,10-11H2,(H,25,26,28). The molecule has 1 aliphatic rings. The van der Waals surface area contributed by atoms with E-state index in [0.29, 0.717) is 30.0 Å². The molecular formula is C20H15F2N5O. The Labute approximate surface area is 159 Å². The van der Waals surface area contributed by atoms with Crippen molar-refractivity contribution in [1.29, 1.82) is 5.26 Å². The molecule has 0 atom stereocenters. The zero-order valence-corrected chi connectivity index (χ0v) is 14.7. The molecule has 8 heteroatoms. The van der Waals surface area contributed by atoms with E-state index in [-0.39, 0.29) is 29.8 Å². The summed E-state index contributed by atoms with van der Waals surface area (Å²) >= 11 is 0. The van der Waals surface area contributed by atoms with Gasteiger partial charge in [-0.3, -0.25) is 14.7 Å². The molecule has 0 amide bonds. The maximum absolute atomic E-state index is 14.2. The van der Waals surface area contributed by atoms with E-state index in [0.717, 1.165) is 17.7 Å². The molecule has 0 unspecified atom stereocenters. The first kappa shape index (κ1) is 17.9. The third-order valence-electron chi connectivity index (χ3n) is 4.75. The summed E-state index contributed by atoms with van der Waals surface area (Å²) in [7, 11) is 0. The number of hydrogen-bond donors (Lipinski definition) is 1. The molecule has 0 saturated heterocycles. The lowest BCUT2D eigenvalue weighted by atomic mass is 10.0. The molecule has 3 aromatic rings. The van der Waals surface area contributed by atoms with Crippen molar-refractivity contribution in [2.45, 2.75) is 19.5 Å². The van der Waals surface area contributed by atoms with Crippen molar-refractivity contribution in [2.24, 2.45) is 0 Å². The minimum Gasteiger partial charge on any atom is -0.306 e. The number of benzene rings is 1. The molecule has 2 aromatic heterocycles. The second-order valence-electron chi connectivity index (χ2n) is 6.57. The van der Waals surface area contributed by atoms with Crippen LogP contribution in [0.3, 0.4) is 0 Å². The number of H-pyrrole nitrogens is 1. The summed E-state index contributed by atoms with van der Waals surface area (Å²) in [6.07, 6.45) is 3.74. The molecular weight excluding hydrogens is 364 g/mol. The van der Waals surface area contributed by atoms with Gasteiger partial charge in [0.1, 0.15) is 17.5 Å². The maximum atomic E-state index is 14.2. The first-order chi connectivity index (χ1) is 13.5. The lowest BCUT2D eigenvalue weighted by Crippen LogP contribution is -2.35. The van der Waals surface area contributed by atoms with Crippen LogP contribution in [0, 0.1) is 23.0 Å². The van der Waals surface area contributed by atoms with E-state index in [4.69, 9.17) is 5.26 Å². The molecule has 0 bridgehead atoms. The Morgan fingerprint density at radius 1 is 1.21 bits per heavy atom. The summed E-state index contributed by atoms with van der Waals surface area (Å²) in [5.74, 6) is -1.05. The molecule has 1 aromatic carbocycles. The summed E-state index contributed by atoms with van der Waals surface area (Å²) < 4.78 is 28.3. The molecule has 1 N–H and O–H groups in total. The number of nitriles is 1. The van der Waals surface area contributed by atoms with Crippen molar-refractivity contribution in [3.63, 3.8) is 0 Å². The molecule has 4 rings (SSSR count). The van der Waals surface area contributed by atoms with Crippen LogP contribution in [0.15, 0.2) is 41.5 Å². The molecule has 0 radical (unpaired) electrons. The summed E-state index contributed by atoms with van der Waals surface area (Å²) in [5.41, 5.74) is 1.51. The van der Waals surface area contributed by atoms with Crippen LogP contribution < -0.4 is 5.56 Å². The second-order valence-corrected chi connectivity index (χ2v) is 6.57. The van der Waals surface area contributed by atoms with Gasteiger partial charge in [-0.2, -0.15) is 5.26 Å². The molecule has 28 heavy (non-hydrogen) atoms. The van der Waals surface area contributed by atoms with E-state index in [2.05, 4.69) is 15.0 Å². The topological polar surface area (TPSA) is 85.7 Å². The third kappa shape index (κ3) is 3.40. The largest absolute Gasteiger partial charge is 0.306 e. The van der Waals surface area contributed by atoms with E-state index in [1.165, 1.54) is 0 Å². The van der Waals surface area contributed by atoms with E-state index in [9.17, 15) is 13.6 Å². The Bertz CT molecular complexity index is 1110. The van der Waals surface area contributed by atoms with Crippen LogP contribution in [0.1, 0.15) is 22.4 Å². The van der Waals surface area contributed by atoms with Gasteiger partial charge in [-0.15, -0.1) is 0 Å². The van der Waals surface area contributed by atoms with Gasteiger partial charge in [0, 0.05) is 49.6 Å². The van der Waals surface area contributed by atoms with Gasteiger partial charge < -0.3 is 4.98 Å². The van der Waals surface area contributed by atoms with Crippen LogP contribution in [0.5, 0.6) is 0 Å². The van der Waals surface area contributed by atoms with E-state index < -0.39 is 11.6 Å². The lowest BCUT2D eigenvalue weighted by molar-refractivity contribution is 0.235. The third-order valence-corrected chi connectivity index (χ3v) is 4.75. The van der Waals surface area contributed by atoms with Crippen LogP contribution in [0.2, 0.25) is 0 Å². The quantitative estimate of drug-likeness (QED) is 0.756. The van der Waals surface area contributed by atoms with Crippen molar-refractivity contribution in [1.82, 2.24) is 19.9 Å². The highest BCUT2D eigenvalue weighted by Gasteiger charge is 2.23. The highest BCUT2D eigenvalue weighted by Crippen LogP contribution is 2.22. The maximum Gasteiger partial charge on any atom is 0.255 e. The zero-order valence-electron chi connectivity index (χ0n) is 14.7. The van der Waals surface area contributed by atoms with Crippen molar-refractivity contribution >= 4 is 0 Å². The lowest BCUT2D eigenvalue weighted by Gasteiger charge is -2.28. The van der Waals surface area contributed by atoms with Crippen LogP contribution in [0.4, 0.5) is 8.78 Å². The molecule has 3 heterocycles. The molecule has 0 aliphatic carbocycles. The number of nitrogens with one attached hydrogen (secondary N) is 1. The average molecular weight is 379 g/mol. The number of hydrogen-bond acceptors (Lipinski definition) is 5. The van der Waals surface area contributed by atoms with Gasteiger partial charge in [0.15, 0.2) is 0 Å². The fourth-order valence-corrected chi connectivity index (χ4v) is 3.30. The summed E-state index contributed by atoms with van der Waals surface area (Å²) in [6.45, 7) is 0.764. The van der Waals surface area contributed by atoms with E-state index in [1.807, 2.05) is 0 Å². The van der Waals surface area contributed by atoms with Crippen LogP contribution in [0.25, 0.3) is 11.4 Å². The average Bonchev–Trinajstić information content (AvgIpc) is 2.71. The number of rotatable bonds is 3. The SMILES string of the molecule is N#Cc1cc(F)c(CN2CCc3nc(-c4ccncc4)[nH]c(=O)c3C2)c(F)c1. The van der Waals surface area contributed by atoms with Crippen molar-refractivity contribution in [2.75, 3.05) is 6.54 Å². The predicted molar refractivity (Wildman–Crippen MR) is 97.0 cm³/mol. The number of aromatic nitrogens is 3. The predicted octanol–water partition coefficient (Wildman–Crippen LogP) is 2.54. The molecule has 0 fully saturated rings. The number of fused-ring (bicyclic) bond motifs is 1. The van der Waals surface area contributed by atoms with Gasteiger partial charge >= 0.3 is 0 Å². The Morgan fingerprint density at radius 3 is 2.61 bits per heavy atom. The Hall–Kier alpha value is -3.44. The summed E-state index contributed by atoms with van der Waals surface area (Å²) in [5, 5.41) is 8.80. The highest BCUT2D eigenvalue weighted by molar-refractivity contribution is 5.54. The van der Waals surface area contributed by atoms with Crippen LogP contribution in [-0.2, 0) is 19.5 Å². The van der Waals surface area contributed by atoms with Gasteiger partial charge in [-0.25, -0.2) is 13.8 Å². The minimum absolute atomic E-state index is 0.00829. The first-order valence-corrected chi connectivity index (χ1v) is 8.68. The molecule has 0 saturated carbocycles. The van der Waals surface area contributed by atoms with Gasteiger partial charge in [0.05, 0.1) is 22.9 Å². The Balaban J connectivity index is 1.60. The fraction of sp³-hybridized carbons (Fsp3) is 0.200. The van der Waals surface area contributed by atoms with Crippen LogP contribution in [-0.4, -0.2) is 26.4 Å². The Morgan fingerprint density at radius 2 is 1.93 bits per heavy atom. The molecule has 1 aliphatic heterocycles. The molecule has 140 valence electrons. The minimum atomic E-state index is -0.762. The van der Waals surface area contributed by atoms with Gasteiger partial charge in [-0.05, 0) is 24.3 Å². The monoisotopic (exact) mass is 379 g/mol. The van der Waals surface area contributed by atoms with Crippen molar-refractivity contribution in [3.8, 4) is 17.5 Å². The normalized spacial score (nSPS) is 13.8. The number of halogens is 2. The molecule has 6 nitrogen and oxygen atoms in total. The summed E-state index contributed by atoms with van der Waals surface area (Å²) in [6, 6.07) is 7.29. The fourth-order valence-electron chi connectivity index (χ4n) is 3.30. The van der Waals surface area contributed by atoms with Gasteiger partial charge in [-0.1, -0.05) is 0 Å². The first-order valence-electron chi connectivity index (χ1n) is 8.68. The number of nitrogens with zero attached hydrogens (tertiary/aromatic N) is 4. The van der Waals surface area contributed by atoms with Crippen molar-refractivity contribution < 1.29 is 8.78 Å². The smallest absolute Gasteiger partial charge is 0.255 e. The molecule has 0 spiro atoms. The number of pyridine rings is 1. The van der Waals surface area contributed by atoms with Crippen LogP contribution >= 0.6 is 0 Å². The summed E-state index contributed by atoms with van der Waals surface area (Å²) in [4.78, 5) is 25.6. The van der Waals surface area contributed by atoms with E-state index >= 15 is 0 Å².